The van der Waals surface area contributed by atoms with E-state index in [1.54, 1.807) is 12.3 Å². The van der Waals surface area contributed by atoms with E-state index in [2.05, 4.69) is 37.8 Å². The van der Waals surface area contributed by atoms with Gasteiger partial charge in [0.15, 0.2) is 0 Å². The van der Waals surface area contributed by atoms with Crippen LogP contribution in [-0.2, 0) is 6.42 Å². The predicted molar refractivity (Wildman–Crippen MR) is 123 cm³/mol. The van der Waals surface area contributed by atoms with E-state index in [4.69, 9.17) is 0 Å². The minimum atomic E-state index is -0.135. The van der Waals surface area contributed by atoms with Crippen LogP contribution in [0.3, 0.4) is 0 Å². The Hall–Kier alpha value is -4.26. The van der Waals surface area contributed by atoms with Gasteiger partial charge in [-0.3, -0.25) is 4.79 Å². The minimum Gasteiger partial charge on any atom is -0.340 e. The van der Waals surface area contributed by atoms with Crippen LogP contribution in [0.5, 0.6) is 0 Å². The van der Waals surface area contributed by atoms with Crippen molar-refractivity contribution in [3.63, 3.8) is 0 Å². The van der Waals surface area contributed by atoms with Crippen LogP contribution in [-0.4, -0.2) is 20.9 Å². The number of hydrogen-bond acceptors (Lipinski definition) is 6. The van der Waals surface area contributed by atoms with Gasteiger partial charge < -0.3 is 16.0 Å². The molecular formula is C24H22N6O. The number of nitrogens with one attached hydrogen (secondary N) is 3. The largest absolute Gasteiger partial charge is 0.340 e. The van der Waals surface area contributed by atoms with Crippen LogP contribution < -0.4 is 16.0 Å². The molecule has 31 heavy (non-hydrogen) atoms. The number of amides is 1. The second-order valence-electron chi connectivity index (χ2n) is 6.84. The van der Waals surface area contributed by atoms with Crippen LogP contribution in [0.15, 0.2) is 85.3 Å². The van der Waals surface area contributed by atoms with E-state index in [-0.39, 0.29) is 5.91 Å². The van der Waals surface area contributed by atoms with Gasteiger partial charge in [-0.15, -0.1) is 0 Å². The number of benzene rings is 2. The van der Waals surface area contributed by atoms with Crippen LogP contribution in [0, 0.1) is 0 Å². The number of anilines is 5. The lowest BCUT2D eigenvalue weighted by Gasteiger charge is -2.10. The zero-order chi connectivity index (χ0) is 21.5. The maximum atomic E-state index is 12.4. The fourth-order valence-corrected chi connectivity index (χ4v) is 2.94. The highest BCUT2D eigenvalue weighted by atomic mass is 16.1. The Morgan fingerprint density at radius 3 is 2.16 bits per heavy atom. The van der Waals surface area contributed by atoms with E-state index < -0.39 is 0 Å². The summed E-state index contributed by atoms with van der Waals surface area (Å²) in [6, 6.07) is 22.5. The molecule has 3 N–H and O–H groups in total. The first-order chi connectivity index (χ1) is 15.2. The molecule has 0 saturated carbocycles. The van der Waals surface area contributed by atoms with E-state index in [9.17, 15) is 4.79 Å². The summed E-state index contributed by atoms with van der Waals surface area (Å²) in [5, 5.41) is 9.28. The van der Waals surface area contributed by atoms with Gasteiger partial charge in [-0.25, -0.2) is 15.0 Å². The average molecular weight is 410 g/mol. The molecule has 4 rings (SSSR count). The summed E-state index contributed by atoms with van der Waals surface area (Å²) in [6.07, 6.45) is 4.14. The van der Waals surface area contributed by atoms with Gasteiger partial charge in [0.1, 0.15) is 23.8 Å². The van der Waals surface area contributed by atoms with Crippen molar-refractivity contribution >= 4 is 34.7 Å². The topological polar surface area (TPSA) is 91.8 Å². The van der Waals surface area contributed by atoms with Gasteiger partial charge in [0.2, 0.25) is 0 Å². The molecule has 0 radical (unpaired) electrons. The number of nitrogens with zero attached hydrogens (tertiary/aromatic N) is 3. The number of carbonyl (C=O) groups is 1. The maximum Gasteiger partial charge on any atom is 0.255 e. The first-order valence-corrected chi connectivity index (χ1v) is 9.97. The zero-order valence-corrected chi connectivity index (χ0v) is 17.0. The Morgan fingerprint density at radius 1 is 0.774 bits per heavy atom. The highest BCUT2D eigenvalue weighted by molar-refractivity contribution is 6.04. The van der Waals surface area contributed by atoms with Gasteiger partial charge >= 0.3 is 0 Å². The van der Waals surface area contributed by atoms with Gasteiger partial charge in [0.25, 0.3) is 5.91 Å². The molecule has 2 aromatic carbocycles. The molecule has 0 aliphatic carbocycles. The summed E-state index contributed by atoms with van der Waals surface area (Å²) < 4.78 is 0. The van der Waals surface area contributed by atoms with E-state index in [0.717, 1.165) is 17.8 Å². The fourth-order valence-electron chi connectivity index (χ4n) is 2.94. The first-order valence-electron chi connectivity index (χ1n) is 9.97. The Balaban J connectivity index is 1.38. The van der Waals surface area contributed by atoms with E-state index >= 15 is 0 Å². The molecule has 0 aliphatic rings. The van der Waals surface area contributed by atoms with Crippen molar-refractivity contribution in [2.45, 2.75) is 13.3 Å². The van der Waals surface area contributed by atoms with Gasteiger partial charge in [0, 0.05) is 29.2 Å². The van der Waals surface area contributed by atoms with Crippen LogP contribution >= 0.6 is 0 Å². The Labute approximate surface area is 180 Å². The molecule has 1 amide bonds. The van der Waals surface area contributed by atoms with Crippen molar-refractivity contribution in [3.8, 4) is 0 Å². The van der Waals surface area contributed by atoms with E-state index in [1.807, 2.05) is 66.7 Å². The van der Waals surface area contributed by atoms with Crippen molar-refractivity contribution in [3.05, 3.63) is 96.4 Å². The van der Waals surface area contributed by atoms with Crippen molar-refractivity contribution in [2.75, 3.05) is 16.0 Å². The average Bonchev–Trinajstić information content (AvgIpc) is 2.81. The molecular weight excluding hydrogens is 388 g/mol. The van der Waals surface area contributed by atoms with Crippen molar-refractivity contribution in [2.24, 2.45) is 0 Å². The smallest absolute Gasteiger partial charge is 0.255 e. The van der Waals surface area contributed by atoms with Gasteiger partial charge in [-0.05, 0) is 60.5 Å². The van der Waals surface area contributed by atoms with Crippen LogP contribution in [0.2, 0.25) is 0 Å². The summed E-state index contributed by atoms with van der Waals surface area (Å²) >= 11 is 0. The van der Waals surface area contributed by atoms with Gasteiger partial charge in [0.05, 0.1) is 0 Å². The zero-order valence-electron chi connectivity index (χ0n) is 17.0. The van der Waals surface area contributed by atoms with E-state index in [1.165, 1.54) is 11.9 Å². The lowest BCUT2D eigenvalue weighted by Crippen LogP contribution is -2.11. The normalized spacial score (nSPS) is 10.4. The molecule has 7 nitrogen and oxygen atoms in total. The minimum absolute atomic E-state index is 0.135. The number of aryl methyl sites for hydroxylation is 1. The standard InChI is InChI=1S/C24H22N6O/c1-2-17-6-8-18(9-7-17)24(31)29-20-12-10-19(11-13-20)28-22-15-23(27-16-26-22)30-21-5-3-4-14-25-21/h3-16H,2H2,1H3,(H,29,31)(H2,25,26,27,28,30). The van der Waals surface area contributed by atoms with Gasteiger partial charge in [-0.2, -0.15) is 0 Å². The van der Waals surface area contributed by atoms with Crippen LogP contribution in [0.1, 0.15) is 22.8 Å². The predicted octanol–water partition coefficient (Wildman–Crippen LogP) is 5.17. The molecule has 0 aliphatic heterocycles. The Bertz CT molecular complexity index is 1140. The Morgan fingerprint density at radius 2 is 1.48 bits per heavy atom. The fraction of sp³-hybridized carbons (Fsp3) is 0.0833. The highest BCUT2D eigenvalue weighted by Crippen LogP contribution is 2.20. The highest BCUT2D eigenvalue weighted by Gasteiger charge is 2.06. The second-order valence-corrected chi connectivity index (χ2v) is 6.84. The number of hydrogen-bond donors (Lipinski definition) is 3. The molecule has 0 bridgehead atoms. The molecule has 0 unspecified atom stereocenters. The van der Waals surface area contributed by atoms with Crippen LogP contribution in [0.4, 0.5) is 28.8 Å². The van der Waals surface area contributed by atoms with Crippen molar-refractivity contribution < 1.29 is 4.79 Å². The number of carbonyl (C=O) groups excluding carboxylic acids is 1. The number of aromatic nitrogens is 3. The molecule has 0 atom stereocenters. The number of pyridine rings is 1. The number of rotatable bonds is 7. The molecule has 0 spiro atoms. The SMILES string of the molecule is CCc1ccc(C(=O)Nc2ccc(Nc3cc(Nc4ccccn4)ncn3)cc2)cc1. The third-order valence-electron chi connectivity index (χ3n) is 4.63. The molecule has 2 aromatic heterocycles. The van der Waals surface area contributed by atoms with Gasteiger partial charge in [-0.1, -0.05) is 25.1 Å². The second kappa shape index (κ2) is 9.49. The molecule has 4 aromatic rings. The molecule has 0 fully saturated rings. The summed E-state index contributed by atoms with van der Waals surface area (Å²) in [5.41, 5.74) is 3.39. The van der Waals surface area contributed by atoms with Crippen LogP contribution in [0.25, 0.3) is 0 Å². The molecule has 154 valence electrons. The monoisotopic (exact) mass is 410 g/mol. The third kappa shape index (κ3) is 5.42. The third-order valence-corrected chi connectivity index (χ3v) is 4.63. The maximum absolute atomic E-state index is 12.4. The molecule has 0 saturated heterocycles. The lowest BCUT2D eigenvalue weighted by atomic mass is 10.1. The molecule has 2 heterocycles. The van der Waals surface area contributed by atoms with E-state index in [0.29, 0.717) is 23.0 Å². The Kier molecular flexibility index (Phi) is 6.13. The first kappa shape index (κ1) is 20.0. The molecule has 7 heteroatoms. The van der Waals surface area contributed by atoms with Crippen molar-refractivity contribution in [1.29, 1.82) is 0 Å². The summed E-state index contributed by atoms with van der Waals surface area (Å²) in [4.78, 5) is 25.1. The quantitative estimate of drug-likeness (QED) is 0.389. The summed E-state index contributed by atoms with van der Waals surface area (Å²) in [7, 11) is 0. The lowest BCUT2D eigenvalue weighted by molar-refractivity contribution is 0.102. The van der Waals surface area contributed by atoms with Crippen molar-refractivity contribution in [1.82, 2.24) is 15.0 Å². The summed E-state index contributed by atoms with van der Waals surface area (Å²) in [6.45, 7) is 2.09. The summed E-state index contributed by atoms with van der Waals surface area (Å²) in [5.74, 6) is 1.84.